The van der Waals surface area contributed by atoms with Gasteiger partial charge in [0, 0.05) is 12.6 Å². The summed E-state index contributed by atoms with van der Waals surface area (Å²) in [6.07, 6.45) is 0. The minimum absolute atomic E-state index is 0.00459. The first-order chi connectivity index (χ1) is 14.5. The van der Waals surface area contributed by atoms with Crippen LogP contribution in [-0.2, 0) is 5.41 Å². The van der Waals surface area contributed by atoms with Gasteiger partial charge in [0.05, 0.1) is 11.4 Å². The van der Waals surface area contributed by atoms with Crippen LogP contribution in [0, 0.1) is 13.8 Å². The molecule has 164 valence electrons. The molecule has 1 atom stereocenters. The van der Waals surface area contributed by atoms with Crippen molar-refractivity contribution in [2.45, 2.75) is 46.1 Å². The zero-order valence-corrected chi connectivity index (χ0v) is 19.5. The predicted molar refractivity (Wildman–Crippen MR) is 126 cm³/mol. The first kappa shape index (κ1) is 22.8. The van der Waals surface area contributed by atoms with Gasteiger partial charge in [-0.05, 0) is 67.7 Å². The Labute approximate surface area is 184 Å². The quantitative estimate of drug-likeness (QED) is 0.648. The van der Waals surface area contributed by atoms with Crippen LogP contribution in [0.1, 0.15) is 59.6 Å². The van der Waals surface area contributed by atoms with E-state index in [0.29, 0.717) is 17.5 Å². The molecule has 0 radical (unpaired) electrons. The van der Waals surface area contributed by atoms with Crippen LogP contribution in [0.25, 0.3) is 11.0 Å². The second kappa shape index (κ2) is 8.67. The Morgan fingerprint density at radius 2 is 1.65 bits per heavy atom. The number of carbonyl (C=O) groups is 1. The summed E-state index contributed by atoms with van der Waals surface area (Å²) in [6, 6.07) is 13.4. The van der Waals surface area contributed by atoms with Crippen LogP contribution < -0.4 is 10.7 Å². The van der Waals surface area contributed by atoms with E-state index in [1.165, 1.54) is 11.6 Å². The van der Waals surface area contributed by atoms with E-state index in [1.54, 1.807) is 0 Å². The van der Waals surface area contributed by atoms with Gasteiger partial charge in [-0.1, -0.05) is 45.0 Å². The molecule has 1 aromatic heterocycles. The lowest BCUT2D eigenvalue weighted by Gasteiger charge is -2.26. The van der Waals surface area contributed by atoms with Crippen LogP contribution in [0.5, 0.6) is 0 Å². The maximum Gasteiger partial charge on any atom is 0.287 e. The minimum Gasteiger partial charge on any atom is -0.451 e. The number of fused-ring (bicyclic) bond motifs is 1. The largest absolute Gasteiger partial charge is 0.451 e. The molecular weight excluding hydrogens is 388 g/mol. The molecule has 3 rings (SSSR count). The van der Waals surface area contributed by atoms with Gasteiger partial charge in [-0.3, -0.25) is 9.59 Å². The molecule has 0 fully saturated rings. The summed E-state index contributed by atoms with van der Waals surface area (Å²) in [5, 5.41) is 3.42. The lowest BCUT2D eigenvalue weighted by molar-refractivity contribution is 0.0914. The first-order valence-corrected chi connectivity index (χ1v) is 10.6. The van der Waals surface area contributed by atoms with Gasteiger partial charge in [0.25, 0.3) is 5.91 Å². The monoisotopic (exact) mass is 420 g/mol. The van der Waals surface area contributed by atoms with Crippen molar-refractivity contribution >= 4 is 16.9 Å². The number of hydrogen-bond acceptors (Lipinski definition) is 4. The molecule has 31 heavy (non-hydrogen) atoms. The maximum atomic E-state index is 12.8. The smallest absolute Gasteiger partial charge is 0.287 e. The molecule has 0 unspecified atom stereocenters. The molecule has 0 saturated heterocycles. The van der Waals surface area contributed by atoms with E-state index in [1.807, 2.05) is 40.1 Å². The zero-order chi connectivity index (χ0) is 22.9. The Hall–Kier alpha value is -2.92. The number of nitrogens with zero attached hydrogens (tertiary/aromatic N) is 1. The lowest BCUT2D eigenvalue weighted by Crippen LogP contribution is -2.34. The molecule has 0 bridgehead atoms. The van der Waals surface area contributed by atoms with Crippen LogP contribution in [0.2, 0.25) is 0 Å². The second-order valence-electron chi connectivity index (χ2n) is 9.47. The highest BCUT2D eigenvalue weighted by atomic mass is 16.3. The summed E-state index contributed by atoms with van der Waals surface area (Å²) in [5.41, 5.74) is 4.72. The number of nitrogens with one attached hydrogen (secondary N) is 1. The van der Waals surface area contributed by atoms with Crippen LogP contribution in [-0.4, -0.2) is 31.4 Å². The topological polar surface area (TPSA) is 62.6 Å². The summed E-state index contributed by atoms with van der Waals surface area (Å²) in [4.78, 5) is 27.3. The average molecular weight is 421 g/mol. The Kier molecular flexibility index (Phi) is 6.37. The molecule has 0 spiro atoms. The summed E-state index contributed by atoms with van der Waals surface area (Å²) in [7, 11) is 3.96. The van der Waals surface area contributed by atoms with Gasteiger partial charge in [-0.15, -0.1) is 0 Å². The maximum absolute atomic E-state index is 12.8. The fourth-order valence-electron chi connectivity index (χ4n) is 3.60. The zero-order valence-electron chi connectivity index (χ0n) is 19.5. The lowest BCUT2D eigenvalue weighted by atomic mass is 9.86. The van der Waals surface area contributed by atoms with Crippen molar-refractivity contribution in [2.24, 2.45) is 0 Å². The van der Waals surface area contributed by atoms with E-state index in [-0.39, 0.29) is 22.6 Å². The molecule has 5 nitrogen and oxygen atoms in total. The van der Waals surface area contributed by atoms with Crippen molar-refractivity contribution in [3.05, 3.63) is 80.7 Å². The number of rotatable bonds is 5. The summed E-state index contributed by atoms with van der Waals surface area (Å²) < 4.78 is 5.77. The number of aryl methyl sites for hydroxylation is 2. The van der Waals surface area contributed by atoms with Crippen LogP contribution in [0.3, 0.4) is 0 Å². The van der Waals surface area contributed by atoms with E-state index >= 15 is 0 Å². The molecule has 1 amide bonds. The van der Waals surface area contributed by atoms with E-state index in [4.69, 9.17) is 4.42 Å². The van der Waals surface area contributed by atoms with Gasteiger partial charge in [0.2, 0.25) is 0 Å². The van der Waals surface area contributed by atoms with E-state index in [0.717, 1.165) is 16.7 Å². The normalized spacial score (nSPS) is 12.9. The summed E-state index contributed by atoms with van der Waals surface area (Å²) >= 11 is 0. The van der Waals surface area contributed by atoms with Crippen molar-refractivity contribution in [2.75, 3.05) is 20.6 Å². The third kappa shape index (κ3) is 5.05. The van der Waals surface area contributed by atoms with Crippen molar-refractivity contribution < 1.29 is 9.21 Å². The Morgan fingerprint density at radius 1 is 1.03 bits per heavy atom. The average Bonchev–Trinajstić information content (AvgIpc) is 2.69. The number of hydrogen-bond donors (Lipinski definition) is 1. The van der Waals surface area contributed by atoms with Gasteiger partial charge in [0.15, 0.2) is 11.2 Å². The van der Waals surface area contributed by atoms with Crippen LogP contribution in [0.15, 0.2) is 51.7 Å². The molecule has 0 saturated carbocycles. The van der Waals surface area contributed by atoms with E-state index < -0.39 is 5.91 Å². The molecule has 1 heterocycles. The van der Waals surface area contributed by atoms with Gasteiger partial charge in [-0.25, -0.2) is 0 Å². The molecule has 0 aliphatic carbocycles. The molecule has 0 aliphatic rings. The highest BCUT2D eigenvalue weighted by Crippen LogP contribution is 2.25. The van der Waals surface area contributed by atoms with Crippen LogP contribution in [0.4, 0.5) is 0 Å². The minimum atomic E-state index is -0.393. The second-order valence-corrected chi connectivity index (χ2v) is 9.47. The number of likely N-dealkylation sites (N-methyl/N-ethyl adjacent to an activating group) is 1. The Balaban J connectivity index is 1.80. The number of amides is 1. The first-order valence-electron chi connectivity index (χ1n) is 10.6. The van der Waals surface area contributed by atoms with Crippen molar-refractivity contribution in [3.63, 3.8) is 0 Å². The Morgan fingerprint density at radius 3 is 2.23 bits per heavy atom. The third-order valence-corrected chi connectivity index (χ3v) is 5.81. The SMILES string of the molecule is Cc1cc2oc(C(=O)NC[C@@H](c3ccc(C(C)(C)C)cc3)N(C)C)cc(=O)c2cc1C. The van der Waals surface area contributed by atoms with Crippen molar-refractivity contribution in [1.82, 2.24) is 10.2 Å². The molecule has 0 aliphatic heterocycles. The van der Waals surface area contributed by atoms with E-state index in [9.17, 15) is 9.59 Å². The Bertz CT molecular complexity index is 1150. The van der Waals surface area contributed by atoms with Crippen molar-refractivity contribution in [3.8, 4) is 0 Å². The number of benzene rings is 2. The fraction of sp³-hybridized carbons (Fsp3) is 0.385. The van der Waals surface area contributed by atoms with Gasteiger partial charge >= 0.3 is 0 Å². The van der Waals surface area contributed by atoms with Gasteiger partial charge in [0.1, 0.15) is 5.58 Å². The molecule has 2 aromatic carbocycles. The number of carbonyl (C=O) groups excluding carboxylic acids is 1. The highest BCUT2D eigenvalue weighted by molar-refractivity contribution is 5.93. The van der Waals surface area contributed by atoms with Crippen LogP contribution >= 0.6 is 0 Å². The summed E-state index contributed by atoms with van der Waals surface area (Å²) in [5.74, 6) is -0.364. The predicted octanol–water partition coefficient (Wildman–Crippen LogP) is 4.74. The van der Waals surface area contributed by atoms with Gasteiger partial charge < -0.3 is 14.6 Å². The van der Waals surface area contributed by atoms with E-state index in [2.05, 4.69) is 55.3 Å². The van der Waals surface area contributed by atoms with Gasteiger partial charge in [-0.2, -0.15) is 0 Å². The molecule has 5 heteroatoms. The summed E-state index contributed by atoms with van der Waals surface area (Å²) in [6.45, 7) is 10.9. The molecule has 3 aromatic rings. The standard InChI is InChI=1S/C26H32N2O3/c1-16-12-20-22(29)14-24(31-23(20)13-17(16)2)25(30)27-15-21(28(6)7)18-8-10-19(11-9-18)26(3,4)5/h8-14,21H,15H2,1-7H3,(H,27,30)/t21-/m0/s1. The highest BCUT2D eigenvalue weighted by Gasteiger charge is 2.20. The fourth-order valence-corrected chi connectivity index (χ4v) is 3.60. The molecular formula is C26H32N2O3. The molecule has 1 N–H and O–H groups in total. The van der Waals surface area contributed by atoms with Crippen molar-refractivity contribution in [1.29, 1.82) is 0 Å². The third-order valence-electron chi connectivity index (χ3n) is 5.81.